The van der Waals surface area contributed by atoms with Crippen LogP contribution in [0.4, 0.5) is 4.79 Å². The van der Waals surface area contributed by atoms with Crippen molar-refractivity contribution >= 4 is 6.16 Å². The normalized spacial score (nSPS) is 27.1. The van der Waals surface area contributed by atoms with Crippen molar-refractivity contribution < 1.29 is 34.7 Å². The zero-order chi connectivity index (χ0) is 17.1. The Labute approximate surface area is 128 Å². The summed E-state index contributed by atoms with van der Waals surface area (Å²) in [4.78, 5) is 35.8. The Morgan fingerprint density at radius 2 is 2.04 bits per heavy atom. The molecule has 0 amide bonds. The second-order valence-corrected chi connectivity index (χ2v) is 4.91. The van der Waals surface area contributed by atoms with E-state index in [0.717, 1.165) is 10.8 Å². The maximum absolute atomic E-state index is 11.9. The third-order valence-electron chi connectivity index (χ3n) is 3.43. The van der Waals surface area contributed by atoms with Crippen LogP contribution in [0, 0.1) is 0 Å². The van der Waals surface area contributed by atoms with Gasteiger partial charge in [0.25, 0.3) is 5.56 Å². The molecule has 11 nitrogen and oxygen atoms in total. The number of aromatic nitrogens is 2. The van der Waals surface area contributed by atoms with Gasteiger partial charge in [-0.3, -0.25) is 14.3 Å². The second kappa shape index (κ2) is 6.91. The lowest BCUT2D eigenvalue weighted by Crippen LogP contribution is -2.39. The van der Waals surface area contributed by atoms with Crippen molar-refractivity contribution in [1.82, 2.24) is 9.55 Å². The third-order valence-corrected chi connectivity index (χ3v) is 3.43. The van der Waals surface area contributed by atoms with Gasteiger partial charge >= 0.3 is 11.8 Å². The lowest BCUT2D eigenvalue weighted by molar-refractivity contribution is -0.0551. The van der Waals surface area contributed by atoms with Crippen molar-refractivity contribution in [3.63, 3.8) is 0 Å². The largest absolute Gasteiger partial charge is 0.505 e. The predicted octanol–water partition coefficient (Wildman–Crippen LogP) is -2.61. The van der Waals surface area contributed by atoms with Crippen molar-refractivity contribution in [2.75, 3.05) is 13.2 Å². The van der Waals surface area contributed by atoms with Gasteiger partial charge in [-0.2, -0.15) is 0 Å². The number of carboxylic acid groups (broad SMARTS) is 1. The maximum Gasteiger partial charge on any atom is 0.505 e. The molecular formula is C12H16N2O9. The van der Waals surface area contributed by atoms with E-state index in [9.17, 15) is 24.6 Å². The molecule has 1 fully saturated rings. The van der Waals surface area contributed by atoms with Crippen LogP contribution in [0.3, 0.4) is 0 Å². The Bertz CT molecular complexity index is 682. The number of nitrogens with one attached hydrogen (secondary N) is 1. The number of ether oxygens (including phenoxy) is 2. The van der Waals surface area contributed by atoms with E-state index in [0.29, 0.717) is 0 Å². The molecule has 0 spiro atoms. The first-order valence-corrected chi connectivity index (χ1v) is 6.67. The summed E-state index contributed by atoms with van der Waals surface area (Å²) in [5.41, 5.74) is -1.58. The van der Waals surface area contributed by atoms with Crippen LogP contribution in [0.25, 0.3) is 0 Å². The van der Waals surface area contributed by atoms with Gasteiger partial charge in [-0.1, -0.05) is 0 Å². The third kappa shape index (κ3) is 3.59. The molecule has 1 aliphatic rings. The highest BCUT2D eigenvalue weighted by atomic mass is 16.7. The number of H-pyrrole nitrogens is 1. The number of hydrogen-bond acceptors (Lipinski definition) is 8. The smallest absolute Gasteiger partial charge is 0.450 e. The zero-order valence-corrected chi connectivity index (χ0v) is 11.8. The summed E-state index contributed by atoms with van der Waals surface area (Å²) < 4.78 is 10.4. The number of hydrogen-bond donors (Lipinski definition) is 5. The Morgan fingerprint density at radius 3 is 2.61 bits per heavy atom. The summed E-state index contributed by atoms with van der Waals surface area (Å²) in [6.45, 7) is -0.862. The van der Waals surface area contributed by atoms with Crippen LogP contribution in [0.5, 0.6) is 0 Å². The van der Waals surface area contributed by atoms with Crippen LogP contribution in [0.15, 0.2) is 15.8 Å². The first kappa shape index (κ1) is 17.1. The number of aliphatic hydroxyl groups excluding tert-OH is 3. The van der Waals surface area contributed by atoms with E-state index in [1.54, 1.807) is 0 Å². The quantitative estimate of drug-likeness (QED) is 0.362. The average Bonchev–Trinajstić information content (AvgIpc) is 2.77. The molecule has 23 heavy (non-hydrogen) atoms. The topological polar surface area (TPSA) is 171 Å². The van der Waals surface area contributed by atoms with Crippen LogP contribution in [-0.4, -0.2) is 67.7 Å². The van der Waals surface area contributed by atoms with Gasteiger partial charge in [0.1, 0.15) is 18.3 Å². The summed E-state index contributed by atoms with van der Waals surface area (Å²) >= 11 is 0. The molecule has 5 N–H and O–H groups in total. The molecule has 0 bridgehead atoms. The fourth-order valence-corrected chi connectivity index (χ4v) is 2.25. The molecule has 2 rings (SSSR count). The van der Waals surface area contributed by atoms with E-state index in [2.05, 4.69) is 4.74 Å². The predicted molar refractivity (Wildman–Crippen MR) is 72.0 cm³/mol. The molecule has 11 heteroatoms. The number of aromatic amines is 1. The molecule has 128 valence electrons. The minimum atomic E-state index is -1.50. The summed E-state index contributed by atoms with van der Waals surface area (Å²) in [5.74, 6) is 0. The number of aliphatic hydroxyl groups is 3. The molecule has 0 aliphatic carbocycles. The Kier molecular flexibility index (Phi) is 5.15. The molecule has 1 aromatic rings. The lowest BCUT2D eigenvalue weighted by Gasteiger charge is -2.17. The van der Waals surface area contributed by atoms with Gasteiger partial charge in [-0.25, -0.2) is 9.59 Å². The molecule has 0 saturated carbocycles. The average molecular weight is 332 g/mol. The molecular weight excluding hydrogens is 316 g/mol. The molecule has 2 heterocycles. The van der Waals surface area contributed by atoms with E-state index >= 15 is 0 Å². The molecule has 1 saturated heterocycles. The summed E-state index contributed by atoms with van der Waals surface area (Å²) in [6, 6.07) is 0. The summed E-state index contributed by atoms with van der Waals surface area (Å²) in [6.07, 6.45) is -5.78. The maximum atomic E-state index is 11.9. The van der Waals surface area contributed by atoms with Crippen molar-refractivity contribution in [3.8, 4) is 0 Å². The Balaban J connectivity index is 2.27. The highest BCUT2D eigenvalue weighted by Crippen LogP contribution is 2.27. The molecule has 4 atom stereocenters. The van der Waals surface area contributed by atoms with Gasteiger partial charge in [0.2, 0.25) is 0 Å². The Hall–Kier alpha value is -2.21. The van der Waals surface area contributed by atoms with Gasteiger partial charge < -0.3 is 29.9 Å². The van der Waals surface area contributed by atoms with E-state index < -0.39 is 48.6 Å². The lowest BCUT2D eigenvalue weighted by atomic mass is 10.1. The first-order valence-electron chi connectivity index (χ1n) is 6.67. The molecule has 0 unspecified atom stereocenters. The van der Waals surface area contributed by atoms with Crippen LogP contribution >= 0.6 is 0 Å². The van der Waals surface area contributed by atoms with Crippen LogP contribution < -0.4 is 11.2 Å². The SMILES string of the molecule is O=C(O)OCCc1cn([C@@H]2O[C@H](CO)[C@@H](O)[C@H]2O)c(=O)[nH]c1=O. The fourth-order valence-electron chi connectivity index (χ4n) is 2.25. The van der Waals surface area contributed by atoms with E-state index in [-0.39, 0.29) is 18.6 Å². The van der Waals surface area contributed by atoms with Gasteiger partial charge in [-0.15, -0.1) is 0 Å². The highest BCUT2D eigenvalue weighted by Gasteiger charge is 2.43. The van der Waals surface area contributed by atoms with Gasteiger partial charge in [0.15, 0.2) is 6.23 Å². The second-order valence-electron chi connectivity index (χ2n) is 4.91. The van der Waals surface area contributed by atoms with Gasteiger partial charge in [0, 0.05) is 18.2 Å². The summed E-state index contributed by atoms with van der Waals surface area (Å²) in [5, 5.41) is 37.0. The van der Waals surface area contributed by atoms with Crippen molar-refractivity contribution in [1.29, 1.82) is 0 Å². The molecule has 0 aromatic carbocycles. The zero-order valence-electron chi connectivity index (χ0n) is 11.8. The van der Waals surface area contributed by atoms with Gasteiger partial charge in [0.05, 0.1) is 13.2 Å². The molecule has 0 radical (unpaired) electrons. The fraction of sp³-hybridized carbons (Fsp3) is 0.583. The van der Waals surface area contributed by atoms with Crippen molar-refractivity contribution in [2.45, 2.75) is 31.0 Å². The highest BCUT2D eigenvalue weighted by molar-refractivity contribution is 5.56. The van der Waals surface area contributed by atoms with Crippen molar-refractivity contribution in [2.24, 2.45) is 0 Å². The monoisotopic (exact) mass is 332 g/mol. The van der Waals surface area contributed by atoms with Crippen LogP contribution in [-0.2, 0) is 15.9 Å². The van der Waals surface area contributed by atoms with E-state index in [1.165, 1.54) is 0 Å². The van der Waals surface area contributed by atoms with Crippen LogP contribution in [0.2, 0.25) is 0 Å². The van der Waals surface area contributed by atoms with Crippen molar-refractivity contribution in [3.05, 3.63) is 32.6 Å². The van der Waals surface area contributed by atoms with Gasteiger partial charge in [-0.05, 0) is 0 Å². The van der Waals surface area contributed by atoms with E-state index in [4.69, 9.17) is 14.9 Å². The number of carbonyl (C=O) groups is 1. The van der Waals surface area contributed by atoms with E-state index in [1.807, 2.05) is 4.98 Å². The standard InChI is InChI=1S/C12H16N2O9/c15-4-6-7(16)8(17)10(23-6)14-3-5(1-2-22-12(20)21)9(18)13-11(14)19/h3,6-8,10,15-17H,1-2,4H2,(H,20,21)(H,13,18,19)/t6-,7-,8-,10-/m1/s1. The first-order chi connectivity index (χ1) is 10.8. The minimum absolute atomic E-state index is 0.0311. The Morgan fingerprint density at radius 1 is 1.35 bits per heavy atom. The molecule has 1 aliphatic heterocycles. The van der Waals surface area contributed by atoms with Crippen LogP contribution in [0.1, 0.15) is 11.8 Å². The minimum Gasteiger partial charge on any atom is -0.450 e. The molecule has 1 aromatic heterocycles. The number of rotatable bonds is 5. The number of nitrogens with zero attached hydrogens (tertiary/aromatic N) is 1. The summed E-state index contributed by atoms with van der Waals surface area (Å²) in [7, 11) is 0.